The third-order valence-corrected chi connectivity index (χ3v) is 4.96. The molecular formula is C19H36O2. The maximum absolute atomic E-state index is 10.4. The van der Waals surface area contributed by atoms with E-state index in [2.05, 4.69) is 6.92 Å². The Morgan fingerprint density at radius 1 is 0.810 bits per heavy atom. The van der Waals surface area contributed by atoms with Gasteiger partial charge < -0.3 is 5.11 Å². The average Bonchev–Trinajstić information content (AvgIpc) is 3.20. The highest BCUT2D eigenvalue weighted by molar-refractivity contribution is 5.66. The Kier molecular flexibility index (Phi) is 10.6. The van der Waals surface area contributed by atoms with Crippen molar-refractivity contribution in [3.05, 3.63) is 0 Å². The van der Waals surface area contributed by atoms with E-state index in [9.17, 15) is 4.79 Å². The lowest BCUT2D eigenvalue weighted by atomic mass is 10.0. The second-order valence-electron chi connectivity index (χ2n) is 7.01. The minimum atomic E-state index is -0.649. The Balaban J connectivity index is 1.75. The predicted octanol–water partition coefficient (Wildman–Crippen LogP) is 6.19. The fraction of sp³-hybridized carbons (Fsp3) is 0.947. The van der Waals surface area contributed by atoms with E-state index in [1.807, 2.05) is 0 Å². The first-order chi connectivity index (χ1) is 10.2. The van der Waals surface area contributed by atoms with Crippen molar-refractivity contribution < 1.29 is 9.90 Å². The van der Waals surface area contributed by atoms with E-state index in [0.29, 0.717) is 6.42 Å². The molecule has 2 heteroatoms. The lowest BCUT2D eigenvalue weighted by Crippen LogP contribution is -1.93. The summed E-state index contributed by atoms with van der Waals surface area (Å²) in [6, 6.07) is 0. The lowest BCUT2D eigenvalue weighted by Gasteiger charge is -2.02. The van der Waals surface area contributed by atoms with Crippen LogP contribution in [0.2, 0.25) is 0 Å². The second kappa shape index (κ2) is 12.1. The van der Waals surface area contributed by atoms with Crippen molar-refractivity contribution >= 4 is 5.97 Å². The van der Waals surface area contributed by atoms with E-state index >= 15 is 0 Å². The molecule has 0 heterocycles. The summed E-state index contributed by atoms with van der Waals surface area (Å²) in [4.78, 5) is 10.4. The zero-order valence-corrected chi connectivity index (χ0v) is 14.1. The minimum Gasteiger partial charge on any atom is -0.481 e. The maximum Gasteiger partial charge on any atom is 0.303 e. The number of aliphatic carboxylic acids is 1. The summed E-state index contributed by atoms with van der Waals surface area (Å²) in [5.41, 5.74) is 0. The quantitative estimate of drug-likeness (QED) is 0.366. The molecule has 1 rings (SSSR count). The summed E-state index contributed by atoms with van der Waals surface area (Å²) < 4.78 is 0. The standard InChI is InChI=1S/C19H36O2/c1-2-3-4-10-13-17-16-18(17)14-11-8-6-5-7-9-12-15-19(20)21/h17-18H,2-16H2,1H3,(H,20,21)/t17-,18+/m1/s1. The third kappa shape index (κ3) is 10.8. The molecule has 0 unspecified atom stereocenters. The fourth-order valence-corrected chi connectivity index (χ4v) is 3.42. The number of unbranched alkanes of at least 4 members (excludes halogenated alkanes) is 9. The molecule has 0 aromatic rings. The summed E-state index contributed by atoms with van der Waals surface area (Å²) in [6.45, 7) is 2.28. The summed E-state index contributed by atoms with van der Waals surface area (Å²) >= 11 is 0. The Hall–Kier alpha value is -0.530. The van der Waals surface area contributed by atoms with E-state index in [1.165, 1.54) is 77.0 Å². The van der Waals surface area contributed by atoms with Gasteiger partial charge in [-0.25, -0.2) is 0 Å². The van der Waals surface area contributed by atoms with E-state index in [4.69, 9.17) is 5.11 Å². The first-order valence-electron chi connectivity index (χ1n) is 9.45. The van der Waals surface area contributed by atoms with Gasteiger partial charge in [0.25, 0.3) is 0 Å². The van der Waals surface area contributed by atoms with Crippen molar-refractivity contribution in [2.24, 2.45) is 11.8 Å². The molecule has 0 radical (unpaired) electrons. The summed E-state index contributed by atoms with van der Waals surface area (Å²) in [5, 5.41) is 8.55. The molecule has 2 atom stereocenters. The van der Waals surface area contributed by atoms with Crippen LogP contribution in [0.25, 0.3) is 0 Å². The minimum absolute atomic E-state index is 0.349. The molecule has 0 aliphatic heterocycles. The number of carboxylic acids is 1. The molecule has 1 aliphatic carbocycles. The van der Waals surface area contributed by atoms with Crippen molar-refractivity contribution in [1.29, 1.82) is 0 Å². The van der Waals surface area contributed by atoms with Crippen LogP contribution in [0.4, 0.5) is 0 Å². The summed E-state index contributed by atoms with van der Waals surface area (Å²) in [6.07, 6.45) is 19.1. The molecule has 0 saturated heterocycles. The highest BCUT2D eigenvalue weighted by Crippen LogP contribution is 2.45. The van der Waals surface area contributed by atoms with Crippen LogP contribution in [-0.4, -0.2) is 11.1 Å². The normalized spacial score (nSPS) is 20.6. The monoisotopic (exact) mass is 296 g/mol. The molecule has 1 aliphatic rings. The van der Waals surface area contributed by atoms with Gasteiger partial charge in [0.15, 0.2) is 0 Å². The molecule has 21 heavy (non-hydrogen) atoms. The molecule has 1 fully saturated rings. The second-order valence-corrected chi connectivity index (χ2v) is 7.01. The van der Waals surface area contributed by atoms with E-state index in [-0.39, 0.29) is 0 Å². The van der Waals surface area contributed by atoms with Gasteiger partial charge in [-0.05, 0) is 24.7 Å². The molecule has 2 nitrogen and oxygen atoms in total. The van der Waals surface area contributed by atoms with E-state index in [1.54, 1.807) is 0 Å². The molecule has 124 valence electrons. The third-order valence-electron chi connectivity index (χ3n) is 4.96. The summed E-state index contributed by atoms with van der Waals surface area (Å²) in [7, 11) is 0. The zero-order chi connectivity index (χ0) is 15.3. The van der Waals surface area contributed by atoms with E-state index in [0.717, 1.165) is 24.7 Å². The van der Waals surface area contributed by atoms with Gasteiger partial charge in [-0.15, -0.1) is 0 Å². The van der Waals surface area contributed by atoms with Crippen LogP contribution >= 0.6 is 0 Å². The largest absolute Gasteiger partial charge is 0.481 e. The lowest BCUT2D eigenvalue weighted by molar-refractivity contribution is -0.137. The fourth-order valence-electron chi connectivity index (χ4n) is 3.42. The van der Waals surface area contributed by atoms with Crippen molar-refractivity contribution in [3.63, 3.8) is 0 Å². The Morgan fingerprint density at radius 3 is 1.81 bits per heavy atom. The highest BCUT2D eigenvalue weighted by Gasteiger charge is 2.34. The molecular weight excluding hydrogens is 260 g/mol. The number of rotatable bonds is 15. The van der Waals surface area contributed by atoms with Gasteiger partial charge in [-0.2, -0.15) is 0 Å². The van der Waals surface area contributed by atoms with Crippen molar-refractivity contribution in [2.75, 3.05) is 0 Å². The molecule has 0 bridgehead atoms. The zero-order valence-electron chi connectivity index (χ0n) is 14.1. The SMILES string of the molecule is CCCCCC[C@@H]1C[C@@H]1CCCCCCCCCC(=O)O. The molecule has 1 N–H and O–H groups in total. The topological polar surface area (TPSA) is 37.3 Å². The van der Waals surface area contributed by atoms with Crippen LogP contribution in [0, 0.1) is 11.8 Å². The van der Waals surface area contributed by atoms with Gasteiger partial charge in [-0.1, -0.05) is 84.0 Å². The Morgan fingerprint density at radius 2 is 1.29 bits per heavy atom. The first kappa shape index (κ1) is 18.5. The number of hydrogen-bond acceptors (Lipinski definition) is 1. The molecule has 0 amide bonds. The van der Waals surface area contributed by atoms with Crippen LogP contribution in [0.1, 0.15) is 103 Å². The van der Waals surface area contributed by atoms with Crippen LogP contribution in [0.3, 0.4) is 0 Å². The number of carboxylic acid groups (broad SMARTS) is 1. The predicted molar refractivity (Wildman–Crippen MR) is 89.5 cm³/mol. The molecule has 0 aromatic carbocycles. The van der Waals surface area contributed by atoms with Crippen molar-refractivity contribution in [1.82, 2.24) is 0 Å². The highest BCUT2D eigenvalue weighted by atomic mass is 16.4. The molecule has 0 aromatic heterocycles. The van der Waals surface area contributed by atoms with Gasteiger partial charge in [0.2, 0.25) is 0 Å². The smallest absolute Gasteiger partial charge is 0.303 e. The van der Waals surface area contributed by atoms with Gasteiger partial charge >= 0.3 is 5.97 Å². The maximum atomic E-state index is 10.4. The number of carbonyl (C=O) groups is 1. The van der Waals surface area contributed by atoms with Crippen LogP contribution in [0.15, 0.2) is 0 Å². The van der Waals surface area contributed by atoms with Crippen molar-refractivity contribution in [2.45, 2.75) is 103 Å². The number of hydrogen-bond donors (Lipinski definition) is 1. The first-order valence-corrected chi connectivity index (χ1v) is 9.45. The summed E-state index contributed by atoms with van der Waals surface area (Å²) in [5.74, 6) is 1.50. The Labute approximate surface area is 131 Å². The van der Waals surface area contributed by atoms with Crippen LogP contribution in [-0.2, 0) is 4.79 Å². The van der Waals surface area contributed by atoms with Gasteiger partial charge in [0, 0.05) is 6.42 Å². The van der Waals surface area contributed by atoms with Crippen LogP contribution < -0.4 is 0 Å². The van der Waals surface area contributed by atoms with E-state index < -0.39 is 5.97 Å². The van der Waals surface area contributed by atoms with Crippen molar-refractivity contribution in [3.8, 4) is 0 Å². The molecule has 0 spiro atoms. The average molecular weight is 296 g/mol. The molecule has 1 saturated carbocycles. The van der Waals surface area contributed by atoms with Gasteiger partial charge in [0.1, 0.15) is 0 Å². The van der Waals surface area contributed by atoms with Crippen LogP contribution in [0.5, 0.6) is 0 Å². The van der Waals surface area contributed by atoms with Gasteiger partial charge in [0.05, 0.1) is 0 Å². The Bertz CT molecular complexity index is 262. The van der Waals surface area contributed by atoms with Gasteiger partial charge in [-0.3, -0.25) is 4.79 Å².